The molecule has 1 aliphatic carbocycles. The average molecular weight is 244 g/mol. The molecule has 2 aliphatic rings. The van der Waals surface area contributed by atoms with E-state index in [2.05, 4.69) is 17.0 Å². The van der Waals surface area contributed by atoms with Crippen molar-refractivity contribution >= 4 is 5.69 Å². The number of nitrogens with two attached hydrogens (primary N) is 1. The van der Waals surface area contributed by atoms with Crippen molar-refractivity contribution in [2.75, 3.05) is 12.3 Å². The normalized spacial score (nSPS) is 28.9. The van der Waals surface area contributed by atoms with Gasteiger partial charge in [-0.3, -0.25) is 4.90 Å². The Hall–Kier alpha value is -1.02. The number of benzene rings is 1. The number of fused-ring (bicyclic) bond motifs is 1. The zero-order valence-corrected chi connectivity index (χ0v) is 11.1. The largest absolute Gasteiger partial charge is 0.398 e. The van der Waals surface area contributed by atoms with E-state index in [1.807, 2.05) is 12.1 Å². The number of para-hydroxylation sites is 1. The molecular weight excluding hydrogens is 220 g/mol. The van der Waals surface area contributed by atoms with Crippen LogP contribution in [0.15, 0.2) is 24.3 Å². The van der Waals surface area contributed by atoms with Crippen molar-refractivity contribution in [3.8, 4) is 0 Å². The van der Waals surface area contributed by atoms with Gasteiger partial charge in [0.05, 0.1) is 0 Å². The molecule has 2 unspecified atom stereocenters. The van der Waals surface area contributed by atoms with Crippen molar-refractivity contribution in [3.63, 3.8) is 0 Å². The van der Waals surface area contributed by atoms with Gasteiger partial charge in [0.15, 0.2) is 0 Å². The lowest BCUT2D eigenvalue weighted by molar-refractivity contribution is 0.0549. The lowest BCUT2D eigenvalue weighted by atomic mass is 9.78. The van der Waals surface area contributed by atoms with Crippen LogP contribution in [0.25, 0.3) is 0 Å². The standard InChI is InChI=1S/C16H24N2/c17-15-9-3-1-7-14(15)12-18-11-5-8-13-6-2-4-10-16(13)18/h1,3,7,9,13,16H,2,4-6,8,10-12,17H2. The molecule has 2 nitrogen and oxygen atoms in total. The first-order valence-corrected chi connectivity index (χ1v) is 7.42. The highest BCUT2D eigenvalue weighted by Gasteiger charge is 2.32. The predicted octanol–water partition coefficient (Wildman–Crippen LogP) is 3.42. The van der Waals surface area contributed by atoms with Gasteiger partial charge in [0, 0.05) is 18.3 Å². The molecule has 1 aromatic carbocycles. The molecule has 1 saturated carbocycles. The molecule has 2 atom stereocenters. The van der Waals surface area contributed by atoms with E-state index in [9.17, 15) is 0 Å². The average Bonchev–Trinajstić information content (AvgIpc) is 2.42. The molecule has 2 N–H and O–H groups in total. The third-order valence-corrected chi connectivity index (χ3v) is 4.79. The topological polar surface area (TPSA) is 29.3 Å². The van der Waals surface area contributed by atoms with Crippen LogP contribution in [-0.2, 0) is 6.54 Å². The van der Waals surface area contributed by atoms with E-state index in [0.29, 0.717) is 0 Å². The molecule has 98 valence electrons. The second kappa shape index (κ2) is 5.31. The van der Waals surface area contributed by atoms with Crippen molar-refractivity contribution in [3.05, 3.63) is 29.8 Å². The fourth-order valence-corrected chi connectivity index (χ4v) is 3.82. The first kappa shape index (κ1) is 12.0. The monoisotopic (exact) mass is 244 g/mol. The maximum atomic E-state index is 6.08. The lowest BCUT2D eigenvalue weighted by Gasteiger charge is -2.44. The Labute approximate surface area is 110 Å². The fraction of sp³-hybridized carbons (Fsp3) is 0.625. The van der Waals surface area contributed by atoms with Crippen molar-refractivity contribution < 1.29 is 0 Å². The highest BCUT2D eigenvalue weighted by molar-refractivity contribution is 5.46. The molecule has 3 rings (SSSR count). The molecule has 0 amide bonds. The van der Waals surface area contributed by atoms with Crippen LogP contribution < -0.4 is 5.73 Å². The number of rotatable bonds is 2. The molecule has 0 aromatic heterocycles. The van der Waals surface area contributed by atoms with E-state index in [1.54, 1.807) is 0 Å². The number of anilines is 1. The van der Waals surface area contributed by atoms with Crippen molar-refractivity contribution in [2.45, 2.75) is 51.1 Å². The number of likely N-dealkylation sites (tertiary alicyclic amines) is 1. The number of piperidine rings is 1. The smallest absolute Gasteiger partial charge is 0.0359 e. The molecule has 0 radical (unpaired) electrons. The van der Waals surface area contributed by atoms with Gasteiger partial charge >= 0.3 is 0 Å². The van der Waals surface area contributed by atoms with E-state index in [0.717, 1.165) is 24.2 Å². The molecule has 1 saturated heterocycles. The van der Waals surface area contributed by atoms with Crippen molar-refractivity contribution in [1.82, 2.24) is 4.90 Å². The van der Waals surface area contributed by atoms with Crippen LogP contribution in [0, 0.1) is 5.92 Å². The summed E-state index contributed by atoms with van der Waals surface area (Å²) < 4.78 is 0. The number of nitrogens with zero attached hydrogens (tertiary/aromatic N) is 1. The molecule has 0 spiro atoms. The molecular formula is C16H24N2. The Morgan fingerprint density at radius 2 is 1.83 bits per heavy atom. The first-order valence-electron chi connectivity index (χ1n) is 7.42. The highest BCUT2D eigenvalue weighted by atomic mass is 15.2. The third kappa shape index (κ3) is 2.39. The van der Waals surface area contributed by atoms with Crippen molar-refractivity contribution in [2.24, 2.45) is 5.92 Å². The molecule has 1 heterocycles. The first-order chi connectivity index (χ1) is 8.84. The van der Waals surface area contributed by atoms with Gasteiger partial charge in [0.2, 0.25) is 0 Å². The van der Waals surface area contributed by atoms with Crippen LogP contribution in [0.4, 0.5) is 5.69 Å². The summed E-state index contributed by atoms with van der Waals surface area (Å²) in [5, 5.41) is 0. The van der Waals surface area contributed by atoms with Gasteiger partial charge in [0.25, 0.3) is 0 Å². The van der Waals surface area contributed by atoms with E-state index < -0.39 is 0 Å². The molecule has 1 aliphatic heterocycles. The van der Waals surface area contributed by atoms with Crippen LogP contribution in [-0.4, -0.2) is 17.5 Å². The Balaban J connectivity index is 1.73. The van der Waals surface area contributed by atoms with E-state index in [4.69, 9.17) is 5.73 Å². The maximum absolute atomic E-state index is 6.08. The minimum Gasteiger partial charge on any atom is -0.398 e. The minimum absolute atomic E-state index is 0.826. The quantitative estimate of drug-likeness (QED) is 0.808. The van der Waals surface area contributed by atoms with E-state index in [-0.39, 0.29) is 0 Å². The van der Waals surface area contributed by atoms with Gasteiger partial charge in [-0.2, -0.15) is 0 Å². The van der Waals surface area contributed by atoms with Crippen LogP contribution >= 0.6 is 0 Å². The summed E-state index contributed by atoms with van der Waals surface area (Å²) in [6.45, 7) is 2.31. The van der Waals surface area contributed by atoms with Gasteiger partial charge < -0.3 is 5.73 Å². The summed E-state index contributed by atoms with van der Waals surface area (Å²) in [5.74, 6) is 0.956. The van der Waals surface area contributed by atoms with Gasteiger partial charge in [-0.25, -0.2) is 0 Å². The lowest BCUT2D eigenvalue weighted by Crippen LogP contribution is -2.46. The van der Waals surface area contributed by atoms with E-state index in [1.165, 1.54) is 50.6 Å². The minimum atomic E-state index is 0.826. The summed E-state index contributed by atoms with van der Waals surface area (Å²) in [6.07, 6.45) is 8.53. The molecule has 0 bridgehead atoms. The Bertz CT molecular complexity index is 400. The summed E-state index contributed by atoms with van der Waals surface area (Å²) in [7, 11) is 0. The maximum Gasteiger partial charge on any atom is 0.0359 e. The van der Waals surface area contributed by atoms with Gasteiger partial charge in [0.1, 0.15) is 0 Å². The highest BCUT2D eigenvalue weighted by Crippen LogP contribution is 2.36. The number of nitrogen functional groups attached to an aromatic ring is 1. The van der Waals surface area contributed by atoms with E-state index >= 15 is 0 Å². The van der Waals surface area contributed by atoms with Gasteiger partial charge in [-0.15, -0.1) is 0 Å². The van der Waals surface area contributed by atoms with Crippen LogP contribution in [0.1, 0.15) is 44.1 Å². The SMILES string of the molecule is Nc1ccccc1CN1CCCC2CCCCC21. The predicted molar refractivity (Wildman–Crippen MR) is 76.2 cm³/mol. The van der Waals surface area contributed by atoms with Gasteiger partial charge in [-0.05, 0) is 49.8 Å². The van der Waals surface area contributed by atoms with Gasteiger partial charge in [-0.1, -0.05) is 31.0 Å². The second-order valence-electron chi connectivity index (χ2n) is 5.92. The summed E-state index contributed by atoms with van der Waals surface area (Å²) in [6, 6.07) is 9.17. The number of hydrogen-bond donors (Lipinski definition) is 1. The van der Waals surface area contributed by atoms with Crippen LogP contribution in [0.5, 0.6) is 0 Å². The summed E-state index contributed by atoms with van der Waals surface area (Å²) in [5.41, 5.74) is 8.34. The molecule has 1 aromatic rings. The Morgan fingerprint density at radius 1 is 1.06 bits per heavy atom. The molecule has 18 heavy (non-hydrogen) atoms. The Morgan fingerprint density at radius 3 is 2.72 bits per heavy atom. The summed E-state index contributed by atoms with van der Waals surface area (Å²) in [4.78, 5) is 2.69. The summed E-state index contributed by atoms with van der Waals surface area (Å²) >= 11 is 0. The zero-order chi connectivity index (χ0) is 12.4. The van der Waals surface area contributed by atoms with Crippen LogP contribution in [0.2, 0.25) is 0 Å². The fourth-order valence-electron chi connectivity index (χ4n) is 3.82. The third-order valence-electron chi connectivity index (χ3n) is 4.79. The molecule has 2 fully saturated rings. The van der Waals surface area contributed by atoms with Crippen LogP contribution in [0.3, 0.4) is 0 Å². The number of hydrogen-bond acceptors (Lipinski definition) is 2. The zero-order valence-electron chi connectivity index (χ0n) is 11.1. The Kier molecular flexibility index (Phi) is 3.55. The van der Waals surface area contributed by atoms with Crippen molar-refractivity contribution in [1.29, 1.82) is 0 Å². The second-order valence-corrected chi connectivity index (χ2v) is 5.92. The molecule has 2 heteroatoms.